The van der Waals surface area contributed by atoms with Crippen molar-refractivity contribution in [3.05, 3.63) is 162 Å². The molecule has 228 valence electrons. The molecule has 0 saturated heterocycles. The van der Waals surface area contributed by atoms with Gasteiger partial charge in [-0.15, -0.1) is 0 Å². The predicted molar refractivity (Wildman–Crippen MR) is 203 cm³/mol. The highest BCUT2D eigenvalue weighted by Gasteiger charge is 2.18. The first-order chi connectivity index (χ1) is 23.1. The molecule has 0 unspecified atom stereocenters. The third kappa shape index (κ3) is 5.53. The van der Waals surface area contributed by atoms with Gasteiger partial charge in [0.25, 0.3) is 0 Å². The van der Waals surface area contributed by atoms with Gasteiger partial charge in [0.2, 0.25) is 0 Å². The van der Waals surface area contributed by atoms with E-state index in [0.29, 0.717) is 0 Å². The van der Waals surface area contributed by atoms with E-state index in [4.69, 9.17) is 0 Å². The Morgan fingerprint density at radius 1 is 0.574 bits per heavy atom. The minimum atomic E-state index is 1.12. The Hall–Kier alpha value is -5.40. The Morgan fingerprint density at radius 2 is 1.19 bits per heavy atom. The van der Waals surface area contributed by atoms with Crippen LogP contribution in [0.2, 0.25) is 0 Å². The van der Waals surface area contributed by atoms with Gasteiger partial charge in [-0.3, -0.25) is 0 Å². The van der Waals surface area contributed by atoms with Crippen molar-refractivity contribution in [2.75, 3.05) is 0 Å². The van der Waals surface area contributed by atoms with Crippen molar-refractivity contribution in [1.29, 1.82) is 0 Å². The van der Waals surface area contributed by atoms with E-state index < -0.39 is 0 Å². The quantitative estimate of drug-likeness (QED) is 0.166. The first kappa shape index (κ1) is 29.0. The third-order valence-corrected chi connectivity index (χ3v) is 9.85. The Kier molecular flexibility index (Phi) is 7.67. The zero-order chi connectivity index (χ0) is 31.7. The minimum Gasteiger partial charge on any atom is -0.313 e. The molecule has 0 aliphatic heterocycles. The Labute approximate surface area is 278 Å². The van der Waals surface area contributed by atoms with E-state index in [-0.39, 0.29) is 0 Å². The summed E-state index contributed by atoms with van der Waals surface area (Å²) >= 11 is 0. The summed E-state index contributed by atoms with van der Waals surface area (Å²) in [5.74, 6) is 0. The van der Waals surface area contributed by atoms with Crippen LogP contribution in [0, 0.1) is 6.92 Å². The van der Waals surface area contributed by atoms with E-state index in [0.717, 1.165) is 12.8 Å². The lowest BCUT2D eigenvalue weighted by molar-refractivity contribution is 0.724. The van der Waals surface area contributed by atoms with Gasteiger partial charge in [0.15, 0.2) is 0 Å². The Morgan fingerprint density at radius 3 is 1.87 bits per heavy atom. The normalized spacial score (nSPS) is 13.7. The summed E-state index contributed by atoms with van der Waals surface area (Å²) in [5, 5.41) is 2.62. The minimum absolute atomic E-state index is 1.12. The van der Waals surface area contributed by atoms with Crippen molar-refractivity contribution in [2.45, 2.75) is 39.5 Å². The van der Waals surface area contributed by atoms with E-state index in [1.807, 2.05) is 0 Å². The van der Waals surface area contributed by atoms with Gasteiger partial charge in [-0.2, -0.15) is 0 Å². The van der Waals surface area contributed by atoms with Crippen LogP contribution in [-0.4, -0.2) is 4.57 Å². The van der Waals surface area contributed by atoms with E-state index in [1.165, 1.54) is 96.0 Å². The molecular formula is C46H39N. The van der Waals surface area contributed by atoms with Crippen molar-refractivity contribution in [3.63, 3.8) is 0 Å². The van der Waals surface area contributed by atoms with Gasteiger partial charge >= 0.3 is 0 Å². The molecule has 0 atom stereocenters. The number of aryl methyl sites for hydroxylation is 1. The number of aromatic nitrogens is 1. The first-order valence-electron chi connectivity index (χ1n) is 16.9. The van der Waals surface area contributed by atoms with Crippen LogP contribution in [0.25, 0.3) is 72.5 Å². The predicted octanol–water partition coefficient (Wildman–Crippen LogP) is 13.1. The first-order valence-corrected chi connectivity index (χ1v) is 16.9. The van der Waals surface area contributed by atoms with Crippen LogP contribution in [0.3, 0.4) is 0 Å². The second kappa shape index (κ2) is 12.4. The van der Waals surface area contributed by atoms with Crippen molar-refractivity contribution in [2.24, 2.45) is 0 Å². The van der Waals surface area contributed by atoms with Crippen LogP contribution in [0.15, 0.2) is 146 Å². The number of rotatable bonds is 6. The fourth-order valence-corrected chi connectivity index (χ4v) is 7.33. The second-order valence-corrected chi connectivity index (χ2v) is 12.9. The molecule has 0 radical (unpaired) electrons. The largest absolute Gasteiger partial charge is 0.313 e. The summed E-state index contributed by atoms with van der Waals surface area (Å²) in [6.07, 6.45) is 9.60. The zero-order valence-corrected chi connectivity index (χ0v) is 27.2. The van der Waals surface area contributed by atoms with Gasteiger partial charge in [0.1, 0.15) is 0 Å². The number of nitrogens with zero attached hydrogens (tertiary/aromatic N) is 1. The van der Waals surface area contributed by atoms with Gasteiger partial charge in [-0.1, -0.05) is 121 Å². The van der Waals surface area contributed by atoms with E-state index in [2.05, 4.69) is 170 Å². The lowest BCUT2D eigenvalue weighted by Crippen LogP contribution is -2.00. The van der Waals surface area contributed by atoms with E-state index >= 15 is 0 Å². The van der Waals surface area contributed by atoms with Crippen molar-refractivity contribution in [1.82, 2.24) is 4.57 Å². The summed E-state index contributed by atoms with van der Waals surface area (Å²) in [7, 11) is 0. The van der Waals surface area contributed by atoms with Crippen LogP contribution < -0.4 is 0 Å². The molecule has 1 aliphatic carbocycles. The molecule has 0 amide bonds. The molecule has 6 aromatic carbocycles. The van der Waals surface area contributed by atoms with E-state index in [1.54, 1.807) is 0 Å². The van der Waals surface area contributed by atoms with Crippen molar-refractivity contribution in [3.8, 4) is 33.4 Å². The standard InChI is InChI=1S/C46H39N/c1-32-14-12-13-21-41(32)42-29-37(22-23-39(42)28-33(2)34-15-6-3-7-16-34)38-25-27-46-44(31-38)43-30-36(35-17-8-4-9-18-35)24-26-45(43)47(46)40-19-10-5-11-20-40/h3-4,6-9,12-19,21-31H,5,10-11,20H2,1-2H3. The highest BCUT2D eigenvalue weighted by molar-refractivity contribution is 6.12. The summed E-state index contributed by atoms with van der Waals surface area (Å²) in [6, 6.07) is 51.3. The lowest BCUT2D eigenvalue weighted by atomic mass is 9.90. The van der Waals surface area contributed by atoms with Crippen molar-refractivity contribution >= 4 is 39.2 Å². The van der Waals surface area contributed by atoms with Gasteiger partial charge in [-0.05, 0) is 126 Å². The van der Waals surface area contributed by atoms with Gasteiger partial charge in [0.05, 0.1) is 11.0 Å². The molecule has 0 spiro atoms. The number of benzene rings is 6. The molecule has 1 aromatic heterocycles. The van der Waals surface area contributed by atoms with Crippen LogP contribution in [0.5, 0.6) is 0 Å². The third-order valence-electron chi connectivity index (χ3n) is 9.85. The fraction of sp³-hybridized carbons (Fsp3) is 0.130. The highest BCUT2D eigenvalue weighted by atomic mass is 15.0. The molecule has 1 heteroatoms. The molecule has 47 heavy (non-hydrogen) atoms. The molecule has 8 rings (SSSR count). The zero-order valence-electron chi connectivity index (χ0n) is 27.2. The molecule has 1 heterocycles. The fourth-order valence-electron chi connectivity index (χ4n) is 7.33. The van der Waals surface area contributed by atoms with Gasteiger partial charge < -0.3 is 4.57 Å². The summed E-state index contributed by atoms with van der Waals surface area (Å²) in [4.78, 5) is 0. The number of allylic oxidation sites excluding steroid dienone is 3. The maximum absolute atomic E-state index is 2.53. The highest BCUT2D eigenvalue weighted by Crippen LogP contribution is 2.40. The van der Waals surface area contributed by atoms with E-state index in [9.17, 15) is 0 Å². The number of hydrogen-bond acceptors (Lipinski definition) is 0. The van der Waals surface area contributed by atoms with Gasteiger partial charge in [0, 0.05) is 16.5 Å². The summed E-state index contributed by atoms with van der Waals surface area (Å²) in [5.41, 5.74) is 16.6. The van der Waals surface area contributed by atoms with Crippen LogP contribution in [0.4, 0.5) is 0 Å². The molecule has 0 saturated carbocycles. The Bertz CT molecular complexity index is 2300. The maximum Gasteiger partial charge on any atom is 0.0538 e. The molecule has 0 N–H and O–H groups in total. The lowest BCUT2D eigenvalue weighted by Gasteiger charge is -2.17. The Balaban J connectivity index is 1.31. The smallest absolute Gasteiger partial charge is 0.0538 e. The topological polar surface area (TPSA) is 4.93 Å². The van der Waals surface area contributed by atoms with Crippen LogP contribution in [-0.2, 0) is 0 Å². The summed E-state index contributed by atoms with van der Waals surface area (Å²) < 4.78 is 2.53. The average molecular weight is 606 g/mol. The number of hydrogen-bond donors (Lipinski definition) is 0. The number of fused-ring (bicyclic) bond motifs is 3. The molecule has 1 aliphatic rings. The molecular weight excluding hydrogens is 567 g/mol. The average Bonchev–Trinajstić information content (AvgIpc) is 3.46. The van der Waals surface area contributed by atoms with Crippen molar-refractivity contribution < 1.29 is 0 Å². The van der Waals surface area contributed by atoms with Gasteiger partial charge in [-0.25, -0.2) is 0 Å². The molecule has 1 nitrogen and oxygen atoms in total. The summed E-state index contributed by atoms with van der Waals surface area (Å²) in [6.45, 7) is 4.42. The van der Waals surface area contributed by atoms with Crippen LogP contribution >= 0.6 is 0 Å². The SMILES string of the molecule is CC(=Cc1ccc(-c2ccc3c(c2)c2cc(-c4ccccc4)ccc2n3C2=CCCCC2)cc1-c1ccccc1C)c1ccccc1. The molecule has 7 aromatic rings. The molecule has 0 fully saturated rings. The van der Waals surface area contributed by atoms with Crippen LogP contribution in [0.1, 0.15) is 49.3 Å². The second-order valence-electron chi connectivity index (χ2n) is 12.9. The maximum atomic E-state index is 2.53. The monoisotopic (exact) mass is 605 g/mol. The molecule has 0 bridgehead atoms.